The molecule has 3 aromatic rings. The number of rotatable bonds is 7. The number of primary amides is 1. The van der Waals surface area contributed by atoms with Crippen molar-refractivity contribution in [1.29, 1.82) is 0 Å². The molecule has 7 nitrogen and oxygen atoms in total. The number of carbonyl (C=O) groups excluding carboxylic acids is 2. The van der Waals surface area contributed by atoms with E-state index >= 15 is 0 Å². The van der Waals surface area contributed by atoms with Crippen molar-refractivity contribution in [2.75, 3.05) is 0 Å². The van der Waals surface area contributed by atoms with Crippen LogP contribution in [0, 0.1) is 10.1 Å². The highest BCUT2D eigenvalue weighted by Crippen LogP contribution is 2.24. The van der Waals surface area contributed by atoms with Crippen molar-refractivity contribution in [3.05, 3.63) is 100 Å². The van der Waals surface area contributed by atoms with Crippen LogP contribution in [0.15, 0.2) is 78.9 Å². The van der Waals surface area contributed by atoms with E-state index in [1.165, 1.54) is 12.1 Å². The summed E-state index contributed by atoms with van der Waals surface area (Å²) in [7, 11) is 0. The Morgan fingerprint density at radius 3 is 2.24 bits per heavy atom. The Kier molecular flexibility index (Phi) is 5.99. The normalized spacial score (nSPS) is 11.4. The van der Waals surface area contributed by atoms with Crippen LogP contribution in [0.2, 0.25) is 0 Å². The first-order valence-corrected chi connectivity index (χ1v) is 8.93. The monoisotopic (exact) mass is 389 g/mol. The minimum Gasteiger partial charge on any atom is -0.368 e. The summed E-state index contributed by atoms with van der Waals surface area (Å²) < 4.78 is 0. The van der Waals surface area contributed by atoms with E-state index in [9.17, 15) is 19.7 Å². The van der Waals surface area contributed by atoms with Gasteiger partial charge in [-0.1, -0.05) is 54.6 Å². The highest BCUT2D eigenvalue weighted by molar-refractivity contribution is 5.98. The largest absolute Gasteiger partial charge is 0.368 e. The van der Waals surface area contributed by atoms with E-state index in [4.69, 9.17) is 5.73 Å². The summed E-state index contributed by atoms with van der Waals surface area (Å²) in [6, 6.07) is 21.2. The number of benzene rings is 3. The van der Waals surface area contributed by atoms with Gasteiger partial charge in [-0.2, -0.15) is 0 Å². The first-order valence-electron chi connectivity index (χ1n) is 8.93. The van der Waals surface area contributed by atoms with E-state index in [0.29, 0.717) is 16.7 Å². The lowest BCUT2D eigenvalue weighted by Crippen LogP contribution is -2.45. The van der Waals surface area contributed by atoms with E-state index in [1.54, 1.807) is 36.4 Å². The van der Waals surface area contributed by atoms with Crippen molar-refractivity contribution < 1.29 is 14.5 Å². The summed E-state index contributed by atoms with van der Waals surface area (Å²) in [5.74, 6) is -1.07. The smallest absolute Gasteiger partial charge is 0.270 e. The van der Waals surface area contributed by atoms with Gasteiger partial charge in [0.1, 0.15) is 6.04 Å². The van der Waals surface area contributed by atoms with Crippen LogP contribution in [0.3, 0.4) is 0 Å². The molecule has 0 fully saturated rings. The second-order valence-corrected chi connectivity index (χ2v) is 6.51. The number of hydrogen-bond donors (Lipinski definition) is 2. The van der Waals surface area contributed by atoms with Gasteiger partial charge in [-0.05, 0) is 28.8 Å². The number of nitrogens with zero attached hydrogens (tertiary/aromatic N) is 1. The summed E-state index contributed by atoms with van der Waals surface area (Å²) in [5, 5.41) is 13.7. The summed E-state index contributed by atoms with van der Waals surface area (Å²) >= 11 is 0. The standard InChI is InChI=1S/C22H19N3O4/c23-21(26)20(12-15-6-2-1-3-7-15)24-22(27)18-10-4-8-16(13-18)17-9-5-11-19(14-17)25(28)29/h1-11,13-14,20H,12H2,(H2,23,26)(H,24,27)/t20-/m0/s1. The van der Waals surface area contributed by atoms with Gasteiger partial charge in [0.15, 0.2) is 0 Å². The maximum absolute atomic E-state index is 12.7. The number of non-ortho nitro benzene ring substituents is 1. The molecular formula is C22H19N3O4. The van der Waals surface area contributed by atoms with Crippen molar-refractivity contribution in [1.82, 2.24) is 5.32 Å². The fourth-order valence-corrected chi connectivity index (χ4v) is 2.95. The van der Waals surface area contributed by atoms with E-state index < -0.39 is 22.8 Å². The number of amides is 2. The van der Waals surface area contributed by atoms with Crippen molar-refractivity contribution in [3.8, 4) is 11.1 Å². The van der Waals surface area contributed by atoms with Gasteiger partial charge in [-0.15, -0.1) is 0 Å². The number of nitro groups is 1. The third-order valence-electron chi connectivity index (χ3n) is 4.45. The molecule has 0 aliphatic heterocycles. The lowest BCUT2D eigenvalue weighted by molar-refractivity contribution is -0.384. The lowest BCUT2D eigenvalue weighted by atomic mass is 10.0. The van der Waals surface area contributed by atoms with Crippen molar-refractivity contribution in [2.45, 2.75) is 12.5 Å². The molecule has 29 heavy (non-hydrogen) atoms. The van der Waals surface area contributed by atoms with E-state index in [1.807, 2.05) is 30.3 Å². The molecule has 0 bridgehead atoms. The number of hydrogen-bond acceptors (Lipinski definition) is 4. The van der Waals surface area contributed by atoms with Crippen LogP contribution >= 0.6 is 0 Å². The van der Waals surface area contributed by atoms with E-state index in [0.717, 1.165) is 5.56 Å². The maximum atomic E-state index is 12.7. The zero-order valence-electron chi connectivity index (χ0n) is 15.4. The van der Waals surface area contributed by atoms with E-state index in [2.05, 4.69) is 5.32 Å². The van der Waals surface area contributed by atoms with Crippen LogP contribution in [0.5, 0.6) is 0 Å². The Balaban J connectivity index is 1.80. The first kappa shape index (κ1) is 19.8. The number of nitrogens with two attached hydrogens (primary N) is 1. The molecule has 7 heteroatoms. The molecule has 0 spiro atoms. The second kappa shape index (κ2) is 8.79. The summed E-state index contributed by atoms with van der Waals surface area (Å²) in [6.07, 6.45) is 0.284. The Morgan fingerprint density at radius 2 is 1.59 bits per heavy atom. The predicted octanol–water partition coefficient (Wildman–Crippen LogP) is 3.09. The fraction of sp³-hybridized carbons (Fsp3) is 0.0909. The average molecular weight is 389 g/mol. The van der Waals surface area contributed by atoms with Crippen LogP contribution in [-0.2, 0) is 11.2 Å². The average Bonchev–Trinajstić information content (AvgIpc) is 2.74. The van der Waals surface area contributed by atoms with Gasteiger partial charge in [0.2, 0.25) is 5.91 Å². The molecule has 0 saturated carbocycles. The Labute approximate surface area is 167 Å². The Morgan fingerprint density at radius 1 is 0.931 bits per heavy atom. The third kappa shape index (κ3) is 5.04. The van der Waals surface area contributed by atoms with E-state index in [-0.39, 0.29) is 12.1 Å². The van der Waals surface area contributed by atoms with Crippen LogP contribution in [-0.4, -0.2) is 22.8 Å². The molecule has 0 aliphatic carbocycles. The number of nitrogens with one attached hydrogen (secondary N) is 1. The maximum Gasteiger partial charge on any atom is 0.270 e. The van der Waals surface area contributed by atoms with Gasteiger partial charge >= 0.3 is 0 Å². The van der Waals surface area contributed by atoms with Crippen LogP contribution in [0.25, 0.3) is 11.1 Å². The summed E-state index contributed by atoms with van der Waals surface area (Å²) in [5.41, 5.74) is 7.90. The predicted molar refractivity (Wildman–Crippen MR) is 109 cm³/mol. The molecule has 0 radical (unpaired) electrons. The highest BCUT2D eigenvalue weighted by atomic mass is 16.6. The molecule has 0 saturated heterocycles. The van der Waals surface area contributed by atoms with Crippen molar-refractivity contribution in [3.63, 3.8) is 0 Å². The molecule has 3 N–H and O–H groups in total. The number of carbonyl (C=O) groups is 2. The van der Waals surface area contributed by atoms with Gasteiger partial charge < -0.3 is 11.1 Å². The molecule has 3 aromatic carbocycles. The number of nitro benzene ring substituents is 1. The summed E-state index contributed by atoms with van der Waals surface area (Å²) in [4.78, 5) is 35.0. The fourth-order valence-electron chi connectivity index (χ4n) is 2.95. The highest BCUT2D eigenvalue weighted by Gasteiger charge is 2.20. The molecule has 1 atom stereocenters. The second-order valence-electron chi connectivity index (χ2n) is 6.51. The van der Waals surface area contributed by atoms with Gasteiger partial charge in [-0.25, -0.2) is 0 Å². The first-order chi connectivity index (χ1) is 13.9. The van der Waals surface area contributed by atoms with Crippen LogP contribution < -0.4 is 11.1 Å². The Hall–Kier alpha value is -4.00. The quantitative estimate of drug-likeness (QED) is 0.477. The zero-order valence-corrected chi connectivity index (χ0v) is 15.4. The molecule has 0 unspecified atom stereocenters. The van der Waals surface area contributed by atoms with Crippen molar-refractivity contribution >= 4 is 17.5 Å². The lowest BCUT2D eigenvalue weighted by Gasteiger charge is -2.16. The topological polar surface area (TPSA) is 115 Å². The molecule has 146 valence electrons. The summed E-state index contributed by atoms with van der Waals surface area (Å²) in [6.45, 7) is 0. The van der Waals surface area contributed by atoms with Crippen molar-refractivity contribution in [2.24, 2.45) is 5.73 Å². The SMILES string of the molecule is NC(=O)[C@H](Cc1ccccc1)NC(=O)c1cccc(-c2cccc([N+](=O)[O-])c2)c1. The Bertz CT molecular complexity index is 1050. The molecule has 0 heterocycles. The zero-order chi connectivity index (χ0) is 20.8. The minimum absolute atomic E-state index is 0.0333. The van der Waals surface area contributed by atoms with Gasteiger partial charge in [-0.3, -0.25) is 19.7 Å². The van der Waals surface area contributed by atoms with Gasteiger partial charge in [0, 0.05) is 24.1 Å². The molecule has 3 rings (SSSR count). The molecule has 0 aromatic heterocycles. The molecule has 2 amide bonds. The van der Waals surface area contributed by atoms with Crippen LogP contribution in [0.4, 0.5) is 5.69 Å². The van der Waals surface area contributed by atoms with Gasteiger partial charge in [0.05, 0.1) is 4.92 Å². The third-order valence-corrected chi connectivity index (χ3v) is 4.45. The minimum atomic E-state index is -0.855. The van der Waals surface area contributed by atoms with Crippen LogP contribution in [0.1, 0.15) is 15.9 Å². The molecular weight excluding hydrogens is 370 g/mol. The molecule has 0 aliphatic rings. The van der Waals surface area contributed by atoms with Gasteiger partial charge in [0.25, 0.3) is 11.6 Å².